The second kappa shape index (κ2) is 6.30. The molecule has 0 N–H and O–H groups in total. The summed E-state index contributed by atoms with van der Waals surface area (Å²) < 4.78 is 6.16. The van der Waals surface area contributed by atoms with Crippen LogP contribution in [0.25, 0.3) is 10.8 Å². The van der Waals surface area contributed by atoms with Gasteiger partial charge in [-0.05, 0) is 53.1 Å². The van der Waals surface area contributed by atoms with Gasteiger partial charge in [0.2, 0.25) is 0 Å². The highest BCUT2D eigenvalue weighted by molar-refractivity contribution is 6.31. The number of rotatable bonds is 1. The van der Waals surface area contributed by atoms with Crippen molar-refractivity contribution in [1.82, 2.24) is 0 Å². The Morgan fingerprint density at radius 2 is 1.30 bits per heavy atom. The predicted octanol–water partition coefficient (Wildman–Crippen LogP) is 7.74. The van der Waals surface area contributed by atoms with E-state index in [4.69, 9.17) is 27.9 Å². The van der Waals surface area contributed by atoms with Crippen molar-refractivity contribution in [3.63, 3.8) is 0 Å². The molecule has 1 nitrogen and oxygen atoms in total. The number of halogens is 2. The molecular formula is C24H16Cl2O. The highest BCUT2D eigenvalue weighted by Crippen LogP contribution is 2.50. The fourth-order valence-corrected chi connectivity index (χ4v) is 4.42. The Balaban J connectivity index is 1.86. The van der Waals surface area contributed by atoms with Crippen LogP contribution < -0.4 is 4.74 Å². The number of benzene rings is 4. The average molecular weight is 391 g/mol. The molecule has 3 heteroatoms. The number of aryl methyl sites for hydroxylation is 1. The fraction of sp³-hybridized carbons (Fsp3) is 0.0833. The van der Waals surface area contributed by atoms with Crippen LogP contribution in [0.4, 0.5) is 0 Å². The Morgan fingerprint density at radius 1 is 0.704 bits per heavy atom. The molecule has 0 bridgehead atoms. The van der Waals surface area contributed by atoms with Crippen LogP contribution in [0.3, 0.4) is 0 Å². The lowest BCUT2D eigenvalue weighted by atomic mass is 9.80. The lowest BCUT2D eigenvalue weighted by molar-refractivity contribution is 0.453. The number of ether oxygens (including phenoxy) is 1. The Morgan fingerprint density at radius 3 is 1.93 bits per heavy atom. The molecule has 1 aliphatic heterocycles. The first-order valence-corrected chi connectivity index (χ1v) is 9.62. The van der Waals surface area contributed by atoms with Gasteiger partial charge in [0, 0.05) is 27.1 Å². The molecule has 1 aliphatic rings. The van der Waals surface area contributed by atoms with E-state index in [1.807, 2.05) is 24.3 Å². The molecule has 27 heavy (non-hydrogen) atoms. The molecule has 1 heterocycles. The van der Waals surface area contributed by atoms with Crippen molar-refractivity contribution in [3.8, 4) is 11.5 Å². The number of hydrogen-bond donors (Lipinski definition) is 0. The van der Waals surface area contributed by atoms with Gasteiger partial charge in [0.05, 0.1) is 0 Å². The summed E-state index contributed by atoms with van der Waals surface area (Å²) >= 11 is 12.5. The van der Waals surface area contributed by atoms with Crippen LogP contribution in [0.2, 0.25) is 10.0 Å². The van der Waals surface area contributed by atoms with Crippen LogP contribution in [-0.4, -0.2) is 0 Å². The maximum Gasteiger partial charge on any atom is 0.133 e. The Hall–Kier alpha value is -2.48. The molecule has 0 aliphatic carbocycles. The van der Waals surface area contributed by atoms with Gasteiger partial charge in [-0.2, -0.15) is 0 Å². The van der Waals surface area contributed by atoms with Gasteiger partial charge in [-0.15, -0.1) is 0 Å². The summed E-state index contributed by atoms with van der Waals surface area (Å²) in [4.78, 5) is 0. The highest BCUT2D eigenvalue weighted by atomic mass is 35.5. The molecule has 5 rings (SSSR count). The van der Waals surface area contributed by atoms with Gasteiger partial charge < -0.3 is 4.74 Å². The minimum Gasteiger partial charge on any atom is -0.457 e. The van der Waals surface area contributed by atoms with E-state index in [-0.39, 0.29) is 5.92 Å². The van der Waals surface area contributed by atoms with Gasteiger partial charge in [-0.3, -0.25) is 0 Å². The third-order valence-electron chi connectivity index (χ3n) is 5.25. The van der Waals surface area contributed by atoms with E-state index in [0.29, 0.717) is 10.0 Å². The van der Waals surface area contributed by atoms with Crippen LogP contribution >= 0.6 is 23.2 Å². The quantitative estimate of drug-likeness (QED) is 0.284. The maximum atomic E-state index is 6.24. The maximum absolute atomic E-state index is 6.24. The van der Waals surface area contributed by atoms with Crippen molar-refractivity contribution >= 4 is 34.0 Å². The second-order valence-corrected chi connectivity index (χ2v) is 7.79. The average Bonchev–Trinajstić information content (AvgIpc) is 2.65. The van der Waals surface area contributed by atoms with E-state index >= 15 is 0 Å². The molecule has 0 unspecified atom stereocenters. The Kier molecular flexibility index (Phi) is 3.89. The Bertz CT molecular complexity index is 1140. The first-order chi connectivity index (χ1) is 13.1. The van der Waals surface area contributed by atoms with E-state index in [1.54, 1.807) is 0 Å². The van der Waals surface area contributed by atoms with Crippen molar-refractivity contribution in [1.29, 1.82) is 0 Å². The summed E-state index contributed by atoms with van der Waals surface area (Å²) in [5.74, 6) is 1.63. The van der Waals surface area contributed by atoms with Crippen molar-refractivity contribution in [2.24, 2.45) is 0 Å². The van der Waals surface area contributed by atoms with Crippen LogP contribution in [0.15, 0.2) is 72.8 Å². The smallest absolute Gasteiger partial charge is 0.133 e. The number of hydrogen-bond acceptors (Lipinski definition) is 1. The second-order valence-electron chi connectivity index (χ2n) is 6.92. The minimum absolute atomic E-state index is 0.0584. The van der Waals surface area contributed by atoms with Crippen molar-refractivity contribution in [2.75, 3.05) is 0 Å². The van der Waals surface area contributed by atoms with Crippen molar-refractivity contribution in [3.05, 3.63) is 105 Å². The molecule has 0 radical (unpaired) electrons. The van der Waals surface area contributed by atoms with Crippen LogP contribution in [0.5, 0.6) is 11.5 Å². The van der Waals surface area contributed by atoms with Gasteiger partial charge in [0.25, 0.3) is 0 Å². The fourth-order valence-electron chi connectivity index (χ4n) is 4.09. The van der Waals surface area contributed by atoms with E-state index in [9.17, 15) is 0 Å². The minimum atomic E-state index is 0.0584. The molecule has 0 amide bonds. The Labute approximate surface area is 168 Å². The van der Waals surface area contributed by atoms with E-state index in [0.717, 1.165) is 22.6 Å². The van der Waals surface area contributed by atoms with Gasteiger partial charge in [0.15, 0.2) is 0 Å². The summed E-state index contributed by atoms with van der Waals surface area (Å²) in [6.45, 7) is 2.16. The third-order valence-corrected chi connectivity index (χ3v) is 5.72. The topological polar surface area (TPSA) is 9.23 Å². The summed E-state index contributed by atoms with van der Waals surface area (Å²) in [6, 6.07) is 24.7. The lowest BCUT2D eigenvalue weighted by Crippen LogP contribution is -2.12. The van der Waals surface area contributed by atoms with E-state index in [2.05, 4.69) is 55.5 Å². The monoisotopic (exact) mass is 390 g/mol. The van der Waals surface area contributed by atoms with Crippen LogP contribution in [-0.2, 0) is 0 Å². The molecule has 0 atom stereocenters. The van der Waals surface area contributed by atoms with Gasteiger partial charge >= 0.3 is 0 Å². The summed E-state index contributed by atoms with van der Waals surface area (Å²) in [7, 11) is 0. The number of fused-ring (bicyclic) bond motifs is 3. The molecule has 0 spiro atoms. The summed E-state index contributed by atoms with van der Waals surface area (Å²) in [5.41, 5.74) is 4.76. The normalized spacial score (nSPS) is 13.1. The molecule has 4 aromatic carbocycles. The predicted molar refractivity (Wildman–Crippen MR) is 113 cm³/mol. The van der Waals surface area contributed by atoms with Gasteiger partial charge in [-0.1, -0.05) is 71.7 Å². The zero-order chi connectivity index (χ0) is 18.5. The van der Waals surface area contributed by atoms with E-state index in [1.165, 1.54) is 21.9 Å². The van der Waals surface area contributed by atoms with Gasteiger partial charge in [0.1, 0.15) is 11.5 Å². The van der Waals surface area contributed by atoms with Crippen molar-refractivity contribution < 1.29 is 4.74 Å². The molecule has 0 saturated heterocycles. The zero-order valence-corrected chi connectivity index (χ0v) is 16.2. The van der Waals surface area contributed by atoms with Crippen molar-refractivity contribution in [2.45, 2.75) is 12.8 Å². The molecule has 0 aromatic heterocycles. The molecule has 0 saturated carbocycles. The SMILES string of the molecule is Cc1cccc2cccc(C3c4ccc(Cl)cc4Oc4cc(Cl)ccc43)c12. The van der Waals surface area contributed by atoms with Crippen LogP contribution in [0.1, 0.15) is 28.2 Å². The third kappa shape index (κ3) is 2.70. The molecule has 0 fully saturated rings. The zero-order valence-electron chi connectivity index (χ0n) is 14.7. The van der Waals surface area contributed by atoms with Crippen LogP contribution in [0, 0.1) is 6.92 Å². The largest absolute Gasteiger partial charge is 0.457 e. The first-order valence-electron chi connectivity index (χ1n) is 8.87. The molecular weight excluding hydrogens is 375 g/mol. The standard InChI is InChI=1S/C24H16Cl2O/c1-14-4-2-5-15-6-3-7-20(23(14)15)24-18-10-8-16(25)12-21(18)27-22-13-17(26)9-11-19(22)24/h2-13,24H,1H3. The molecule has 132 valence electrons. The van der Waals surface area contributed by atoms with Gasteiger partial charge in [-0.25, -0.2) is 0 Å². The van der Waals surface area contributed by atoms with E-state index < -0.39 is 0 Å². The molecule has 4 aromatic rings. The summed E-state index contributed by atoms with van der Waals surface area (Å²) in [5, 5.41) is 3.85. The highest BCUT2D eigenvalue weighted by Gasteiger charge is 2.30. The summed E-state index contributed by atoms with van der Waals surface area (Å²) in [6.07, 6.45) is 0. The lowest BCUT2D eigenvalue weighted by Gasteiger charge is -2.30. The first kappa shape index (κ1) is 16.7.